The molecule has 0 radical (unpaired) electrons. The molecule has 0 spiro atoms. The molecule has 176 valence electrons. The number of benzene rings is 2. The molecular weight excluding hydrogens is 428 g/mol. The van der Waals surface area contributed by atoms with Crippen LogP contribution in [0.3, 0.4) is 0 Å². The smallest absolute Gasteiger partial charge is 0.255 e. The van der Waals surface area contributed by atoms with E-state index in [-0.39, 0.29) is 17.7 Å². The zero-order valence-corrected chi connectivity index (χ0v) is 19.6. The second-order valence-electron chi connectivity index (χ2n) is 8.39. The number of aromatic nitrogens is 1. The van der Waals surface area contributed by atoms with Crippen molar-refractivity contribution in [2.45, 2.75) is 26.2 Å². The molecule has 1 saturated heterocycles. The number of ether oxygens (including phenoxy) is 1. The summed E-state index contributed by atoms with van der Waals surface area (Å²) in [5.74, 6) is 1.23. The molecule has 1 aliphatic heterocycles. The van der Waals surface area contributed by atoms with Crippen molar-refractivity contribution < 1.29 is 14.3 Å². The molecule has 0 unspecified atom stereocenters. The van der Waals surface area contributed by atoms with Crippen molar-refractivity contribution in [1.29, 1.82) is 0 Å². The van der Waals surface area contributed by atoms with Crippen LogP contribution in [0.1, 0.15) is 35.7 Å². The molecule has 0 saturated carbocycles. The van der Waals surface area contributed by atoms with Crippen molar-refractivity contribution in [1.82, 2.24) is 4.98 Å². The van der Waals surface area contributed by atoms with Crippen molar-refractivity contribution in [2.75, 3.05) is 35.7 Å². The molecule has 2 N–H and O–H groups in total. The number of piperidine rings is 1. The van der Waals surface area contributed by atoms with Gasteiger partial charge in [0, 0.05) is 48.2 Å². The van der Waals surface area contributed by atoms with Crippen molar-refractivity contribution >= 4 is 29.0 Å². The maximum absolute atomic E-state index is 12.8. The number of amides is 2. The maximum atomic E-state index is 12.8. The van der Waals surface area contributed by atoms with Gasteiger partial charge in [0.25, 0.3) is 5.91 Å². The zero-order chi connectivity index (χ0) is 23.9. The van der Waals surface area contributed by atoms with Crippen molar-refractivity contribution in [3.05, 3.63) is 78.0 Å². The fourth-order valence-corrected chi connectivity index (χ4v) is 4.08. The Morgan fingerprint density at radius 1 is 1.00 bits per heavy atom. The molecule has 4 rings (SSSR count). The largest absolute Gasteiger partial charge is 0.497 e. The molecule has 0 atom stereocenters. The Morgan fingerprint density at radius 2 is 1.76 bits per heavy atom. The summed E-state index contributed by atoms with van der Waals surface area (Å²) in [6, 6.07) is 18.7. The highest BCUT2D eigenvalue weighted by atomic mass is 16.5. The molecule has 2 heterocycles. The Labute approximate surface area is 200 Å². The first-order chi connectivity index (χ1) is 16.6. The minimum atomic E-state index is -0.208. The SMILES string of the molecule is CCc1ccc(NC(=O)C2CCN(c3cc(C(=O)Nc4cccc(OC)c4)ccn3)CC2)cc1. The summed E-state index contributed by atoms with van der Waals surface area (Å²) in [6.07, 6.45) is 4.10. The van der Waals surface area contributed by atoms with E-state index in [2.05, 4.69) is 27.4 Å². The number of rotatable bonds is 7. The molecule has 0 aliphatic carbocycles. The summed E-state index contributed by atoms with van der Waals surface area (Å²) < 4.78 is 5.21. The van der Waals surface area contributed by atoms with Crippen LogP contribution >= 0.6 is 0 Å². The van der Waals surface area contributed by atoms with Gasteiger partial charge in [-0.15, -0.1) is 0 Å². The van der Waals surface area contributed by atoms with Gasteiger partial charge in [-0.3, -0.25) is 9.59 Å². The first-order valence-corrected chi connectivity index (χ1v) is 11.6. The highest BCUT2D eigenvalue weighted by molar-refractivity contribution is 6.04. The van der Waals surface area contributed by atoms with Crippen LogP contribution in [-0.2, 0) is 11.2 Å². The van der Waals surface area contributed by atoms with Gasteiger partial charge in [0.15, 0.2) is 0 Å². The first-order valence-electron chi connectivity index (χ1n) is 11.6. The second kappa shape index (κ2) is 10.8. The Morgan fingerprint density at radius 3 is 2.47 bits per heavy atom. The third-order valence-corrected chi connectivity index (χ3v) is 6.15. The van der Waals surface area contributed by atoms with Crippen LogP contribution in [0, 0.1) is 5.92 Å². The predicted molar refractivity (Wildman–Crippen MR) is 135 cm³/mol. The average Bonchev–Trinajstić information content (AvgIpc) is 2.89. The van der Waals surface area contributed by atoms with Crippen LogP contribution in [0.25, 0.3) is 0 Å². The van der Waals surface area contributed by atoms with E-state index in [0.29, 0.717) is 30.1 Å². The minimum absolute atomic E-state index is 0.0401. The molecule has 34 heavy (non-hydrogen) atoms. The van der Waals surface area contributed by atoms with E-state index in [9.17, 15) is 9.59 Å². The molecule has 2 aromatic carbocycles. The van der Waals surface area contributed by atoms with Gasteiger partial charge in [0.2, 0.25) is 5.91 Å². The zero-order valence-electron chi connectivity index (χ0n) is 19.6. The summed E-state index contributed by atoms with van der Waals surface area (Å²) in [5.41, 5.74) is 3.28. The van der Waals surface area contributed by atoms with Crippen LogP contribution in [0.15, 0.2) is 66.9 Å². The molecule has 0 bridgehead atoms. The Balaban J connectivity index is 1.33. The molecule has 7 nitrogen and oxygen atoms in total. The molecule has 1 aromatic heterocycles. The normalized spacial score (nSPS) is 13.9. The summed E-state index contributed by atoms with van der Waals surface area (Å²) in [5, 5.41) is 5.94. The van der Waals surface area contributed by atoms with Gasteiger partial charge in [-0.05, 0) is 61.2 Å². The fourth-order valence-electron chi connectivity index (χ4n) is 4.08. The summed E-state index contributed by atoms with van der Waals surface area (Å²) in [4.78, 5) is 32.1. The second-order valence-corrected chi connectivity index (χ2v) is 8.39. The monoisotopic (exact) mass is 458 g/mol. The number of pyridine rings is 1. The fraction of sp³-hybridized carbons (Fsp3) is 0.296. The highest BCUT2D eigenvalue weighted by Gasteiger charge is 2.26. The summed E-state index contributed by atoms with van der Waals surface area (Å²) in [7, 11) is 1.59. The van der Waals surface area contributed by atoms with Crippen LogP contribution in [0.2, 0.25) is 0 Å². The predicted octanol–water partition coefficient (Wildman–Crippen LogP) is 4.76. The number of hydrogen-bond donors (Lipinski definition) is 2. The number of anilines is 3. The van der Waals surface area contributed by atoms with E-state index in [1.54, 1.807) is 31.5 Å². The number of carbonyl (C=O) groups is 2. The first kappa shape index (κ1) is 23.3. The topological polar surface area (TPSA) is 83.6 Å². The number of aryl methyl sites for hydroxylation is 1. The lowest BCUT2D eigenvalue weighted by Gasteiger charge is -2.32. The molecule has 3 aromatic rings. The van der Waals surface area contributed by atoms with Crippen LogP contribution in [0.5, 0.6) is 5.75 Å². The van der Waals surface area contributed by atoms with Crippen LogP contribution in [-0.4, -0.2) is 37.0 Å². The lowest BCUT2D eigenvalue weighted by Crippen LogP contribution is -2.38. The van der Waals surface area contributed by atoms with Crippen LogP contribution in [0.4, 0.5) is 17.2 Å². The number of carbonyl (C=O) groups excluding carboxylic acids is 2. The summed E-state index contributed by atoms with van der Waals surface area (Å²) >= 11 is 0. The molecular formula is C27H30N4O3. The molecule has 1 aliphatic rings. The van der Waals surface area contributed by atoms with Crippen LogP contribution < -0.4 is 20.3 Å². The van der Waals surface area contributed by atoms with Gasteiger partial charge in [-0.2, -0.15) is 0 Å². The van der Waals surface area contributed by atoms with Crippen molar-refractivity contribution in [3.63, 3.8) is 0 Å². The van der Waals surface area contributed by atoms with E-state index in [1.807, 2.05) is 42.5 Å². The molecule has 2 amide bonds. The van der Waals surface area contributed by atoms with Gasteiger partial charge in [-0.25, -0.2) is 4.98 Å². The minimum Gasteiger partial charge on any atom is -0.497 e. The Bertz CT molecular complexity index is 1140. The van der Waals surface area contributed by atoms with Gasteiger partial charge in [0.1, 0.15) is 11.6 Å². The van der Waals surface area contributed by atoms with Gasteiger partial charge < -0.3 is 20.3 Å². The average molecular weight is 459 g/mol. The Hall–Kier alpha value is -3.87. The van der Waals surface area contributed by atoms with Crippen molar-refractivity contribution in [2.24, 2.45) is 5.92 Å². The highest BCUT2D eigenvalue weighted by Crippen LogP contribution is 2.24. The maximum Gasteiger partial charge on any atom is 0.255 e. The summed E-state index contributed by atoms with van der Waals surface area (Å²) in [6.45, 7) is 3.53. The van der Waals surface area contributed by atoms with Gasteiger partial charge >= 0.3 is 0 Å². The molecule has 7 heteroatoms. The third-order valence-electron chi connectivity index (χ3n) is 6.15. The van der Waals surface area contributed by atoms with E-state index < -0.39 is 0 Å². The van der Waals surface area contributed by atoms with Crippen molar-refractivity contribution in [3.8, 4) is 5.75 Å². The van der Waals surface area contributed by atoms with E-state index >= 15 is 0 Å². The van der Waals surface area contributed by atoms with E-state index in [0.717, 1.165) is 30.8 Å². The number of hydrogen-bond acceptors (Lipinski definition) is 5. The van der Waals surface area contributed by atoms with E-state index in [4.69, 9.17) is 4.74 Å². The van der Waals surface area contributed by atoms with E-state index in [1.165, 1.54) is 5.56 Å². The van der Waals surface area contributed by atoms with Gasteiger partial charge in [0.05, 0.1) is 7.11 Å². The third kappa shape index (κ3) is 5.73. The quantitative estimate of drug-likeness (QED) is 0.533. The molecule has 1 fully saturated rings. The Kier molecular flexibility index (Phi) is 7.42. The standard InChI is InChI=1S/C27H30N4O3/c1-3-19-7-9-22(10-8-19)29-26(32)20-12-15-31(16-13-20)25-17-21(11-14-28-25)27(33)30-23-5-4-6-24(18-23)34-2/h4-11,14,17-18,20H,3,12-13,15-16H2,1-2H3,(H,29,32)(H,30,33). The number of nitrogens with one attached hydrogen (secondary N) is 2. The lowest BCUT2D eigenvalue weighted by molar-refractivity contribution is -0.120. The van der Waals surface area contributed by atoms with Gasteiger partial charge in [-0.1, -0.05) is 25.1 Å². The number of nitrogens with zero attached hydrogens (tertiary/aromatic N) is 2. The number of methoxy groups -OCH3 is 1. The lowest BCUT2D eigenvalue weighted by atomic mass is 9.95.